The standard InChI is InChI=1S/C37H49N3O6/c1-36(2,3)40(35(44)45)31(23-28-18-12-8-13-19-28)33(42)26-39(24-29-20-14-9-15-21-29)25-32(41)30(22-27-16-10-7-11-17-27)38-34(43)46-37(4,5)6/h7-21,30-32,41H,22-26H2,1-6H3,(H,38,43)(H,44,45)/p-1/t30-,31-,32?/m0/s1. The molecule has 2 amide bonds. The Labute approximate surface area is 273 Å². The van der Waals surface area contributed by atoms with Crippen LogP contribution in [0.5, 0.6) is 0 Å². The van der Waals surface area contributed by atoms with Crippen molar-refractivity contribution in [3.63, 3.8) is 0 Å². The van der Waals surface area contributed by atoms with Crippen LogP contribution in [0.25, 0.3) is 0 Å². The molecule has 0 saturated carbocycles. The largest absolute Gasteiger partial charge is 0.530 e. The number of carbonyl (C=O) groups excluding carboxylic acids is 3. The predicted molar refractivity (Wildman–Crippen MR) is 177 cm³/mol. The second kappa shape index (κ2) is 16.4. The van der Waals surface area contributed by atoms with Crippen molar-refractivity contribution in [1.82, 2.24) is 15.1 Å². The third kappa shape index (κ3) is 11.9. The van der Waals surface area contributed by atoms with E-state index >= 15 is 0 Å². The Balaban J connectivity index is 1.93. The van der Waals surface area contributed by atoms with Gasteiger partial charge in [0.15, 0.2) is 5.78 Å². The summed E-state index contributed by atoms with van der Waals surface area (Å²) in [6, 6.07) is 26.5. The van der Waals surface area contributed by atoms with Gasteiger partial charge in [0.25, 0.3) is 0 Å². The zero-order valence-electron chi connectivity index (χ0n) is 27.8. The van der Waals surface area contributed by atoms with E-state index < -0.39 is 41.5 Å². The SMILES string of the molecule is CC(C)(C)OC(=O)N[C@@H](Cc1ccccc1)C(O)CN(CC(=O)[C@H](Cc1ccccc1)N(C(=O)[O-])C(C)(C)C)Cc1ccccc1. The summed E-state index contributed by atoms with van der Waals surface area (Å²) in [6.07, 6.45) is -2.69. The minimum absolute atomic E-state index is 0.0207. The first kappa shape index (κ1) is 36.3. The van der Waals surface area contributed by atoms with Crippen molar-refractivity contribution in [3.8, 4) is 0 Å². The van der Waals surface area contributed by atoms with Crippen LogP contribution in [0.15, 0.2) is 91.0 Å². The maximum atomic E-state index is 14.2. The highest BCUT2D eigenvalue weighted by Gasteiger charge is 2.35. The highest BCUT2D eigenvalue weighted by Crippen LogP contribution is 2.22. The molecule has 0 aromatic heterocycles. The number of rotatable bonds is 14. The number of hydrogen-bond donors (Lipinski definition) is 2. The molecule has 0 aliphatic carbocycles. The van der Waals surface area contributed by atoms with Gasteiger partial charge in [-0.2, -0.15) is 0 Å². The summed E-state index contributed by atoms with van der Waals surface area (Å²) < 4.78 is 5.49. The van der Waals surface area contributed by atoms with E-state index in [2.05, 4.69) is 5.32 Å². The van der Waals surface area contributed by atoms with Crippen molar-refractivity contribution in [3.05, 3.63) is 108 Å². The third-order valence-electron chi connectivity index (χ3n) is 7.41. The Morgan fingerprint density at radius 2 is 1.26 bits per heavy atom. The van der Waals surface area contributed by atoms with Gasteiger partial charge in [-0.25, -0.2) is 4.79 Å². The van der Waals surface area contributed by atoms with Gasteiger partial charge in [0, 0.05) is 18.6 Å². The molecule has 0 aliphatic rings. The number of nitrogens with one attached hydrogen (secondary N) is 1. The van der Waals surface area contributed by atoms with Crippen molar-refractivity contribution in [1.29, 1.82) is 0 Å². The number of amides is 2. The van der Waals surface area contributed by atoms with E-state index in [1.54, 1.807) is 46.4 Å². The molecule has 3 atom stereocenters. The zero-order valence-corrected chi connectivity index (χ0v) is 27.8. The van der Waals surface area contributed by atoms with Gasteiger partial charge < -0.3 is 30.0 Å². The van der Waals surface area contributed by atoms with Gasteiger partial charge in [-0.15, -0.1) is 0 Å². The van der Waals surface area contributed by atoms with E-state index in [0.29, 0.717) is 13.0 Å². The first-order valence-corrected chi connectivity index (χ1v) is 15.7. The molecule has 3 aromatic carbocycles. The average Bonchev–Trinajstić information content (AvgIpc) is 2.96. The van der Waals surface area contributed by atoms with Crippen LogP contribution < -0.4 is 10.4 Å². The number of carbonyl (C=O) groups is 3. The molecule has 248 valence electrons. The van der Waals surface area contributed by atoms with Crippen molar-refractivity contribution >= 4 is 18.0 Å². The van der Waals surface area contributed by atoms with E-state index in [-0.39, 0.29) is 25.3 Å². The Hall–Kier alpha value is -4.21. The smallest absolute Gasteiger partial charge is 0.407 e. The van der Waals surface area contributed by atoms with Crippen molar-refractivity contribution in [2.75, 3.05) is 13.1 Å². The van der Waals surface area contributed by atoms with Crippen molar-refractivity contribution in [2.24, 2.45) is 0 Å². The molecular formula is C37H48N3O6-. The van der Waals surface area contributed by atoms with Crippen molar-refractivity contribution in [2.45, 2.75) is 90.3 Å². The van der Waals surface area contributed by atoms with Crippen LogP contribution in [0.1, 0.15) is 58.2 Å². The quantitative estimate of drug-likeness (QED) is 0.267. The second-order valence-corrected chi connectivity index (χ2v) is 13.6. The lowest BCUT2D eigenvalue weighted by atomic mass is 9.95. The fraction of sp³-hybridized carbons (Fsp3) is 0.432. The van der Waals surface area contributed by atoms with Crippen LogP contribution in [0.4, 0.5) is 9.59 Å². The summed E-state index contributed by atoms with van der Waals surface area (Å²) in [7, 11) is 0. The van der Waals surface area contributed by atoms with Crippen LogP contribution in [0.3, 0.4) is 0 Å². The van der Waals surface area contributed by atoms with E-state index in [1.165, 1.54) is 0 Å². The summed E-state index contributed by atoms with van der Waals surface area (Å²) >= 11 is 0. The number of ketones is 1. The van der Waals surface area contributed by atoms with Crippen molar-refractivity contribution < 1.29 is 29.3 Å². The summed E-state index contributed by atoms with van der Waals surface area (Å²) in [5, 5.41) is 26.9. The number of ether oxygens (including phenoxy) is 1. The lowest BCUT2D eigenvalue weighted by Gasteiger charge is -2.43. The number of benzene rings is 3. The lowest BCUT2D eigenvalue weighted by Crippen LogP contribution is -2.61. The monoisotopic (exact) mass is 630 g/mol. The molecule has 2 N–H and O–H groups in total. The summed E-state index contributed by atoms with van der Waals surface area (Å²) in [5.74, 6) is -0.328. The first-order chi connectivity index (χ1) is 21.6. The fourth-order valence-corrected chi connectivity index (χ4v) is 5.41. The number of aliphatic hydroxyl groups excluding tert-OH is 1. The van der Waals surface area contributed by atoms with E-state index in [0.717, 1.165) is 21.6 Å². The highest BCUT2D eigenvalue weighted by molar-refractivity contribution is 5.89. The molecule has 0 spiro atoms. The number of alkyl carbamates (subject to hydrolysis) is 1. The summed E-state index contributed by atoms with van der Waals surface area (Å²) in [5.41, 5.74) is 0.996. The zero-order chi connectivity index (χ0) is 33.9. The molecule has 1 unspecified atom stereocenters. The van der Waals surface area contributed by atoms with E-state index in [9.17, 15) is 24.6 Å². The van der Waals surface area contributed by atoms with Crippen LogP contribution in [0.2, 0.25) is 0 Å². The molecule has 9 heteroatoms. The topological polar surface area (TPSA) is 122 Å². The van der Waals surface area contributed by atoms with E-state index in [1.807, 2.05) is 91.0 Å². The molecule has 0 saturated heterocycles. The molecule has 0 bridgehead atoms. The average molecular weight is 631 g/mol. The molecule has 0 heterocycles. The maximum Gasteiger partial charge on any atom is 0.407 e. The normalized spacial score (nSPS) is 13.8. The number of nitrogens with zero attached hydrogens (tertiary/aromatic N) is 2. The number of Topliss-reactive ketones (excluding diaryl/α,β-unsaturated/α-hetero) is 1. The first-order valence-electron chi connectivity index (χ1n) is 15.7. The number of carboxylic acid groups (broad SMARTS) is 1. The molecule has 3 rings (SSSR count). The van der Waals surface area contributed by atoms with Crippen LogP contribution in [0, 0.1) is 0 Å². The second-order valence-electron chi connectivity index (χ2n) is 13.6. The molecule has 0 aliphatic heterocycles. The molecule has 0 fully saturated rings. The molecule has 3 aromatic rings. The number of aliphatic hydroxyl groups is 1. The maximum absolute atomic E-state index is 14.2. The van der Waals surface area contributed by atoms with Gasteiger partial charge in [-0.05, 0) is 71.1 Å². The van der Waals surface area contributed by atoms with Gasteiger partial charge in [0.05, 0.1) is 24.7 Å². The van der Waals surface area contributed by atoms with Crippen LogP contribution in [-0.4, -0.2) is 75.3 Å². The van der Waals surface area contributed by atoms with Gasteiger partial charge in [-0.1, -0.05) is 91.0 Å². The minimum atomic E-state index is -1.43. The molecular weight excluding hydrogens is 582 g/mol. The molecule has 0 radical (unpaired) electrons. The fourth-order valence-electron chi connectivity index (χ4n) is 5.41. The molecule has 46 heavy (non-hydrogen) atoms. The minimum Gasteiger partial charge on any atom is -0.530 e. The number of hydrogen-bond acceptors (Lipinski definition) is 7. The Bertz CT molecular complexity index is 1390. The predicted octanol–water partition coefficient (Wildman–Crippen LogP) is 4.61. The van der Waals surface area contributed by atoms with Gasteiger partial charge in [0.1, 0.15) is 11.7 Å². The summed E-state index contributed by atoms with van der Waals surface area (Å²) in [6.45, 7) is 10.7. The van der Waals surface area contributed by atoms with Gasteiger partial charge >= 0.3 is 6.09 Å². The third-order valence-corrected chi connectivity index (χ3v) is 7.41. The molecule has 9 nitrogen and oxygen atoms in total. The Morgan fingerprint density at radius 1 is 0.783 bits per heavy atom. The highest BCUT2D eigenvalue weighted by atomic mass is 16.6. The van der Waals surface area contributed by atoms with Gasteiger partial charge in [0.2, 0.25) is 0 Å². The van der Waals surface area contributed by atoms with Gasteiger partial charge in [-0.3, -0.25) is 9.69 Å². The summed E-state index contributed by atoms with van der Waals surface area (Å²) in [4.78, 5) is 42.4. The van der Waals surface area contributed by atoms with Crippen LogP contribution in [-0.2, 0) is 28.9 Å². The van der Waals surface area contributed by atoms with E-state index in [4.69, 9.17) is 4.74 Å². The van der Waals surface area contributed by atoms with Crippen LogP contribution >= 0.6 is 0 Å². The Kier molecular flexibility index (Phi) is 12.9. The lowest BCUT2D eigenvalue weighted by molar-refractivity contribution is -0.273. The Morgan fingerprint density at radius 3 is 1.72 bits per heavy atom.